The smallest absolute Gasteiger partial charge is 0.320 e. The van der Waals surface area contributed by atoms with Gasteiger partial charge in [-0.25, -0.2) is 9.18 Å². The van der Waals surface area contributed by atoms with Gasteiger partial charge in [0, 0.05) is 49.9 Å². The van der Waals surface area contributed by atoms with Crippen LogP contribution in [0.2, 0.25) is 0 Å². The van der Waals surface area contributed by atoms with Crippen molar-refractivity contribution in [2.45, 2.75) is 88.7 Å². The molecule has 43 heavy (non-hydrogen) atoms. The molecular formula is C30H45FN10O2. The number of carbonyl (C=O) groups excluding carboxylic acids is 2. The molecule has 9 unspecified atom stereocenters. The van der Waals surface area contributed by atoms with E-state index in [1.54, 1.807) is 9.91 Å². The molecule has 0 aromatic carbocycles. The van der Waals surface area contributed by atoms with Gasteiger partial charge in [0.05, 0.1) is 36.9 Å². The molecule has 6 rings (SSSR count). The molecule has 4 bridgehead atoms. The number of fused-ring (bicyclic) bond motifs is 5. The Morgan fingerprint density at radius 1 is 1.26 bits per heavy atom. The van der Waals surface area contributed by atoms with Crippen molar-refractivity contribution in [2.75, 3.05) is 26.2 Å². The highest BCUT2D eigenvalue weighted by Crippen LogP contribution is 2.39. The fourth-order valence-electron chi connectivity index (χ4n) is 8.11. The Kier molecular flexibility index (Phi) is 8.64. The van der Waals surface area contributed by atoms with Crippen LogP contribution in [0.1, 0.15) is 46.0 Å². The van der Waals surface area contributed by atoms with E-state index >= 15 is 4.39 Å². The summed E-state index contributed by atoms with van der Waals surface area (Å²) in [5.74, 6) is 0.0802. The highest BCUT2D eigenvalue weighted by molar-refractivity contribution is 5.87. The van der Waals surface area contributed by atoms with Gasteiger partial charge in [0.2, 0.25) is 5.91 Å². The SMILES string of the molecule is C=CC(=O)N1CCN(C2NC(=O)N3C4NC(C(F)CC24)N2C=C(CC=CCC4CCNC(C(C)C)C43)NN2)CC1CC#N. The fourth-order valence-corrected chi connectivity index (χ4v) is 8.11. The van der Waals surface area contributed by atoms with Gasteiger partial charge >= 0.3 is 6.03 Å². The average Bonchev–Trinajstić information content (AvgIpc) is 3.47. The fraction of sp³-hybridized carbons (Fsp3) is 0.700. The molecule has 0 aliphatic carbocycles. The lowest BCUT2D eigenvalue weighted by Gasteiger charge is -2.59. The summed E-state index contributed by atoms with van der Waals surface area (Å²) >= 11 is 0. The first-order valence-corrected chi connectivity index (χ1v) is 15.7. The number of urea groups is 1. The van der Waals surface area contributed by atoms with Gasteiger partial charge in [0.15, 0.2) is 0 Å². The van der Waals surface area contributed by atoms with Crippen LogP contribution in [0.15, 0.2) is 36.7 Å². The molecule has 13 heteroatoms. The molecule has 9 atom stereocenters. The Morgan fingerprint density at radius 2 is 2.09 bits per heavy atom. The molecule has 0 spiro atoms. The van der Waals surface area contributed by atoms with Crippen molar-refractivity contribution in [2.24, 2.45) is 17.8 Å². The summed E-state index contributed by atoms with van der Waals surface area (Å²) in [6, 6.07) is 1.72. The number of amides is 3. The number of nitrogens with zero attached hydrogens (tertiary/aromatic N) is 5. The first-order chi connectivity index (χ1) is 20.8. The number of piperazine rings is 1. The van der Waals surface area contributed by atoms with Crippen molar-refractivity contribution < 1.29 is 14.0 Å². The highest BCUT2D eigenvalue weighted by atomic mass is 19.1. The van der Waals surface area contributed by atoms with Crippen LogP contribution in [0, 0.1) is 29.1 Å². The first-order valence-electron chi connectivity index (χ1n) is 15.7. The average molecular weight is 597 g/mol. The van der Waals surface area contributed by atoms with Crippen molar-refractivity contribution in [1.29, 1.82) is 5.26 Å². The van der Waals surface area contributed by atoms with Crippen LogP contribution >= 0.6 is 0 Å². The molecule has 234 valence electrons. The van der Waals surface area contributed by atoms with Crippen LogP contribution in [0.3, 0.4) is 0 Å². The second kappa shape index (κ2) is 12.4. The molecular weight excluding hydrogens is 551 g/mol. The van der Waals surface area contributed by atoms with Crippen molar-refractivity contribution in [1.82, 2.24) is 46.6 Å². The normalized spacial score (nSPS) is 38.0. The number of rotatable bonds is 4. The third kappa shape index (κ3) is 5.61. The van der Waals surface area contributed by atoms with Crippen molar-refractivity contribution in [3.05, 3.63) is 36.7 Å². The van der Waals surface area contributed by atoms with Gasteiger partial charge in [-0.3, -0.25) is 20.0 Å². The summed E-state index contributed by atoms with van der Waals surface area (Å²) < 4.78 is 16.2. The molecule has 3 amide bonds. The zero-order valence-corrected chi connectivity index (χ0v) is 25.1. The predicted molar refractivity (Wildman–Crippen MR) is 158 cm³/mol. The van der Waals surface area contributed by atoms with Crippen molar-refractivity contribution in [3.63, 3.8) is 0 Å². The van der Waals surface area contributed by atoms with Crippen LogP contribution in [-0.4, -0.2) is 101 Å². The monoisotopic (exact) mass is 596 g/mol. The van der Waals surface area contributed by atoms with Crippen LogP contribution in [0.25, 0.3) is 0 Å². The highest BCUT2D eigenvalue weighted by Gasteiger charge is 2.55. The number of nitrogens with one attached hydrogen (secondary N) is 5. The van der Waals surface area contributed by atoms with Gasteiger partial charge in [-0.1, -0.05) is 32.6 Å². The Morgan fingerprint density at radius 3 is 2.86 bits per heavy atom. The maximum atomic E-state index is 16.2. The van der Waals surface area contributed by atoms with Crippen LogP contribution in [-0.2, 0) is 4.79 Å². The number of halogens is 1. The Labute approximate surface area is 253 Å². The maximum absolute atomic E-state index is 16.2. The van der Waals surface area contributed by atoms with Gasteiger partial charge in [-0.15, -0.1) is 5.53 Å². The quantitative estimate of drug-likeness (QED) is 0.239. The van der Waals surface area contributed by atoms with Crippen molar-refractivity contribution in [3.8, 4) is 6.07 Å². The van der Waals surface area contributed by atoms with Gasteiger partial charge < -0.3 is 25.9 Å². The van der Waals surface area contributed by atoms with Crippen LogP contribution in [0.4, 0.5) is 9.18 Å². The Balaban J connectivity index is 1.36. The van der Waals surface area contributed by atoms with E-state index in [0.717, 1.165) is 25.1 Å². The van der Waals surface area contributed by atoms with E-state index in [1.807, 2.05) is 11.1 Å². The summed E-state index contributed by atoms with van der Waals surface area (Å²) in [5.41, 5.74) is 7.24. The summed E-state index contributed by atoms with van der Waals surface area (Å²) in [6.45, 7) is 10.2. The summed E-state index contributed by atoms with van der Waals surface area (Å²) in [5, 5.41) is 21.9. The molecule has 6 aliphatic heterocycles. The third-order valence-corrected chi connectivity index (χ3v) is 10.2. The molecule has 4 saturated heterocycles. The summed E-state index contributed by atoms with van der Waals surface area (Å²) in [7, 11) is 0. The molecule has 0 radical (unpaired) electrons. The van der Waals surface area contributed by atoms with E-state index in [9.17, 15) is 14.9 Å². The standard InChI is InChI=1S/C30H45FN10O2/c1-4-24(42)39-14-13-38(17-21(39)9-11-32)27-22-15-23(31)29-34-28(22)41(30(43)35-27)26-19(10-12-33-25(26)18(2)3)7-5-6-8-20-16-40(29)37-36-20/h4-6,16,18-19,21-23,25-29,33-34,36-37H,1,7-10,12-15,17H2,2-3H3,(H,35,43). The third-order valence-electron chi connectivity index (χ3n) is 10.2. The molecule has 12 nitrogen and oxygen atoms in total. The molecule has 4 fully saturated rings. The number of hydrogen-bond acceptors (Lipinski definition) is 9. The molecule has 5 N–H and O–H groups in total. The minimum atomic E-state index is -1.22. The zero-order chi connectivity index (χ0) is 30.2. The van der Waals surface area contributed by atoms with E-state index in [4.69, 9.17) is 0 Å². The number of allylic oxidation sites excluding steroid dienone is 2. The molecule has 6 aliphatic rings. The van der Waals surface area contributed by atoms with E-state index in [-0.39, 0.29) is 54.7 Å². The van der Waals surface area contributed by atoms with Gasteiger partial charge in [-0.05, 0) is 43.7 Å². The van der Waals surface area contributed by atoms with E-state index in [0.29, 0.717) is 32.0 Å². The van der Waals surface area contributed by atoms with Crippen LogP contribution in [0.5, 0.6) is 0 Å². The first kappa shape index (κ1) is 29.9. The summed E-state index contributed by atoms with van der Waals surface area (Å²) in [4.78, 5) is 32.7. The van der Waals surface area contributed by atoms with Gasteiger partial charge in [-0.2, -0.15) is 5.26 Å². The van der Waals surface area contributed by atoms with Gasteiger partial charge in [0.25, 0.3) is 0 Å². The predicted octanol–water partition coefficient (Wildman–Crippen LogP) is 1.07. The van der Waals surface area contributed by atoms with Gasteiger partial charge in [0.1, 0.15) is 12.3 Å². The maximum Gasteiger partial charge on any atom is 0.320 e. The Bertz CT molecular complexity index is 1190. The zero-order valence-electron chi connectivity index (χ0n) is 25.1. The van der Waals surface area contributed by atoms with Crippen LogP contribution < -0.4 is 26.9 Å². The number of alkyl halides is 1. The number of nitriles is 1. The molecule has 0 aromatic heterocycles. The second-order valence-electron chi connectivity index (χ2n) is 13.0. The van der Waals surface area contributed by atoms with E-state index < -0.39 is 24.7 Å². The van der Waals surface area contributed by atoms with Crippen molar-refractivity contribution >= 4 is 11.9 Å². The minimum absolute atomic E-state index is 0.0831. The lowest BCUT2D eigenvalue weighted by atomic mass is 9.77. The number of hydrogen-bond donors (Lipinski definition) is 5. The minimum Gasteiger partial charge on any atom is -0.333 e. The summed E-state index contributed by atoms with van der Waals surface area (Å²) in [6.07, 6.45) is 7.74. The molecule has 6 heterocycles. The molecule has 0 aromatic rings. The lowest BCUT2D eigenvalue weighted by molar-refractivity contribution is -0.134. The number of piperidine rings is 2. The topological polar surface area (TPSA) is 131 Å². The molecule has 0 saturated carbocycles. The lowest BCUT2D eigenvalue weighted by Crippen LogP contribution is -2.80. The van der Waals surface area contributed by atoms with E-state index in [1.165, 1.54) is 6.08 Å². The largest absolute Gasteiger partial charge is 0.333 e. The Hall–Kier alpha value is -3.18. The van der Waals surface area contributed by atoms with E-state index in [2.05, 4.69) is 70.5 Å². The number of carbonyl (C=O) groups is 2. The second-order valence-corrected chi connectivity index (χ2v) is 13.0. The number of hydrazine groups is 2.